The number of methoxy groups -OCH3 is 1. The Morgan fingerprint density at radius 1 is 1.30 bits per heavy atom. The maximum Gasteiger partial charge on any atom is 0.253 e. The Hall–Kier alpha value is -3.19. The van der Waals surface area contributed by atoms with Gasteiger partial charge in [0.25, 0.3) is 5.91 Å². The molecular weight excluding hydrogens is 380 g/mol. The molecule has 0 bridgehead atoms. The second-order valence-electron chi connectivity index (χ2n) is 7.51. The molecule has 1 aromatic carbocycles. The van der Waals surface area contributed by atoms with Crippen LogP contribution < -0.4 is 15.0 Å². The normalized spacial score (nSPS) is 16.5. The maximum absolute atomic E-state index is 12.8. The lowest BCUT2D eigenvalue weighted by atomic mass is 10.1. The summed E-state index contributed by atoms with van der Waals surface area (Å²) in [6, 6.07) is 11.5. The third kappa shape index (κ3) is 4.36. The molecule has 7 heteroatoms. The van der Waals surface area contributed by atoms with Crippen LogP contribution in [0, 0.1) is 6.92 Å². The van der Waals surface area contributed by atoms with E-state index >= 15 is 0 Å². The molecular formula is C23H26N4O3. The van der Waals surface area contributed by atoms with Crippen molar-refractivity contribution < 1.29 is 14.3 Å². The van der Waals surface area contributed by atoms with Gasteiger partial charge in [0, 0.05) is 31.2 Å². The van der Waals surface area contributed by atoms with Gasteiger partial charge in [-0.15, -0.1) is 0 Å². The summed E-state index contributed by atoms with van der Waals surface area (Å²) in [5.41, 5.74) is 3.03. The molecule has 1 fully saturated rings. The first kappa shape index (κ1) is 20.1. The van der Waals surface area contributed by atoms with Gasteiger partial charge in [-0.2, -0.15) is 0 Å². The second-order valence-corrected chi connectivity index (χ2v) is 7.51. The molecule has 1 amide bonds. The fraction of sp³-hybridized carbons (Fsp3) is 0.348. The largest absolute Gasteiger partial charge is 0.497 e. The Kier molecular flexibility index (Phi) is 5.81. The number of pyridine rings is 2. The summed E-state index contributed by atoms with van der Waals surface area (Å²) < 4.78 is 10.9. The molecule has 3 heterocycles. The van der Waals surface area contributed by atoms with E-state index in [0.29, 0.717) is 24.4 Å². The Bertz CT molecular complexity index is 1050. The number of aromatic nitrogens is 2. The number of hydrogen-bond donors (Lipinski definition) is 1. The fourth-order valence-corrected chi connectivity index (χ4v) is 3.62. The fourth-order valence-electron chi connectivity index (χ4n) is 3.62. The minimum absolute atomic E-state index is 0.157. The summed E-state index contributed by atoms with van der Waals surface area (Å²) in [7, 11) is 1.62. The lowest BCUT2D eigenvalue weighted by Crippen LogP contribution is -2.41. The molecule has 0 unspecified atom stereocenters. The number of ether oxygens (including phenoxy) is 2. The monoisotopic (exact) mass is 406 g/mol. The highest BCUT2D eigenvalue weighted by atomic mass is 16.5. The van der Waals surface area contributed by atoms with Gasteiger partial charge < -0.3 is 19.7 Å². The average Bonchev–Trinajstić information content (AvgIpc) is 2.77. The molecule has 0 saturated carbocycles. The van der Waals surface area contributed by atoms with Crippen LogP contribution >= 0.6 is 0 Å². The van der Waals surface area contributed by atoms with Gasteiger partial charge in [-0.1, -0.05) is 6.07 Å². The Labute approximate surface area is 176 Å². The number of rotatable bonds is 5. The number of morpholine rings is 1. The molecule has 4 rings (SSSR count). The van der Waals surface area contributed by atoms with Gasteiger partial charge in [0.1, 0.15) is 11.6 Å². The number of anilines is 1. The highest BCUT2D eigenvalue weighted by Crippen LogP contribution is 2.22. The van der Waals surface area contributed by atoms with Crippen LogP contribution in [0.3, 0.4) is 0 Å². The van der Waals surface area contributed by atoms with Crippen molar-refractivity contribution in [1.29, 1.82) is 0 Å². The molecule has 2 aromatic heterocycles. The lowest BCUT2D eigenvalue weighted by Gasteiger charge is -2.32. The first-order chi connectivity index (χ1) is 14.5. The van der Waals surface area contributed by atoms with Gasteiger partial charge >= 0.3 is 0 Å². The van der Waals surface area contributed by atoms with Crippen LogP contribution in [0.1, 0.15) is 28.5 Å². The molecule has 0 radical (unpaired) electrons. The van der Waals surface area contributed by atoms with Crippen molar-refractivity contribution in [2.45, 2.75) is 26.5 Å². The third-order valence-electron chi connectivity index (χ3n) is 5.28. The van der Waals surface area contributed by atoms with Gasteiger partial charge in [0.2, 0.25) is 0 Å². The number of carbonyl (C=O) groups excluding carboxylic acids is 1. The van der Waals surface area contributed by atoms with Crippen LogP contribution in [0.15, 0.2) is 42.6 Å². The van der Waals surface area contributed by atoms with Gasteiger partial charge in [0.15, 0.2) is 0 Å². The zero-order valence-electron chi connectivity index (χ0n) is 17.5. The summed E-state index contributed by atoms with van der Waals surface area (Å²) in [4.78, 5) is 24.1. The van der Waals surface area contributed by atoms with Crippen LogP contribution in [-0.4, -0.2) is 48.8 Å². The van der Waals surface area contributed by atoms with Gasteiger partial charge in [-0.25, -0.2) is 4.98 Å². The van der Waals surface area contributed by atoms with Crippen molar-refractivity contribution in [3.63, 3.8) is 0 Å². The van der Waals surface area contributed by atoms with Crippen molar-refractivity contribution in [3.8, 4) is 5.75 Å². The predicted molar refractivity (Wildman–Crippen MR) is 116 cm³/mol. The SMILES string of the molecule is COc1ccc2nc(C)c(C(=O)NCc3ccc(N4CCO[C@H](C)C4)nc3)cc2c1. The minimum Gasteiger partial charge on any atom is -0.497 e. The highest BCUT2D eigenvalue weighted by molar-refractivity contribution is 5.98. The summed E-state index contributed by atoms with van der Waals surface area (Å²) in [5, 5.41) is 3.84. The smallest absolute Gasteiger partial charge is 0.253 e. The molecule has 30 heavy (non-hydrogen) atoms. The van der Waals surface area contributed by atoms with Crippen LogP contribution in [0.4, 0.5) is 5.82 Å². The van der Waals surface area contributed by atoms with E-state index in [2.05, 4.69) is 27.1 Å². The highest BCUT2D eigenvalue weighted by Gasteiger charge is 2.18. The van der Waals surface area contributed by atoms with E-state index in [9.17, 15) is 4.79 Å². The number of aryl methyl sites for hydroxylation is 1. The van der Waals surface area contributed by atoms with Crippen molar-refractivity contribution in [2.24, 2.45) is 0 Å². The summed E-state index contributed by atoms with van der Waals surface area (Å²) in [6.45, 7) is 6.70. The Balaban J connectivity index is 1.43. The van der Waals surface area contributed by atoms with Gasteiger partial charge in [0.05, 0.1) is 36.6 Å². The number of benzene rings is 1. The molecule has 1 N–H and O–H groups in total. The molecule has 7 nitrogen and oxygen atoms in total. The summed E-state index contributed by atoms with van der Waals surface area (Å²) in [6.07, 6.45) is 2.02. The molecule has 1 atom stereocenters. The van der Waals surface area contributed by atoms with Crippen molar-refractivity contribution in [1.82, 2.24) is 15.3 Å². The third-order valence-corrected chi connectivity index (χ3v) is 5.28. The topological polar surface area (TPSA) is 76.6 Å². The van der Waals surface area contributed by atoms with Crippen LogP contribution in [0.2, 0.25) is 0 Å². The van der Waals surface area contributed by atoms with Crippen LogP contribution in [0.25, 0.3) is 10.9 Å². The molecule has 156 valence electrons. The Morgan fingerprint density at radius 2 is 2.17 bits per heavy atom. The molecule has 3 aromatic rings. The molecule has 0 spiro atoms. The van der Waals surface area contributed by atoms with Crippen molar-refractivity contribution >= 4 is 22.6 Å². The quantitative estimate of drug-likeness (QED) is 0.702. The second kappa shape index (κ2) is 8.67. The number of nitrogens with zero attached hydrogens (tertiary/aromatic N) is 3. The van der Waals surface area contributed by atoms with E-state index in [4.69, 9.17) is 9.47 Å². The number of hydrogen-bond acceptors (Lipinski definition) is 6. The first-order valence-electron chi connectivity index (χ1n) is 10.1. The van der Waals surface area contributed by atoms with E-state index in [1.165, 1.54) is 0 Å². The maximum atomic E-state index is 12.8. The van der Waals surface area contributed by atoms with E-state index < -0.39 is 0 Å². The van der Waals surface area contributed by atoms with Crippen molar-refractivity contribution in [2.75, 3.05) is 31.7 Å². The Morgan fingerprint density at radius 3 is 2.90 bits per heavy atom. The molecule has 1 aliphatic rings. The van der Waals surface area contributed by atoms with E-state index in [0.717, 1.165) is 41.1 Å². The predicted octanol–water partition coefficient (Wildman–Crippen LogP) is 3.10. The van der Waals surface area contributed by atoms with Crippen LogP contribution in [0.5, 0.6) is 5.75 Å². The minimum atomic E-state index is -0.157. The van der Waals surface area contributed by atoms with Crippen molar-refractivity contribution in [3.05, 3.63) is 59.4 Å². The van der Waals surface area contributed by atoms with E-state index in [-0.39, 0.29) is 12.0 Å². The number of nitrogens with one attached hydrogen (secondary N) is 1. The zero-order valence-corrected chi connectivity index (χ0v) is 17.5. The number of amides is 1. The average molecular weight is 406 g/mol. The van der Waals surface area contributed by atoms with Crippen LogP contribution in [-0.2, 0) is 11.3 Å². The number of carbonyl (C=O) groups is 1. The molecule has 0 aliphatic carbocycles. The van der Waals surface area contributed by atoms with E-state index in [1.54, 1.807) is 7.11 Å². The first-order valence-corrected chi connectivity index (χ1v) is 10.1. The van der Waals surface area contributed by atoms with Gasteiger partial charge in [-0.3, -0.25) is 9.78 Å². The zero-order chi connectivity index (χ0) is 21.1. The molecule has 1 aliphatic heterocycles. The number of fused-ring (bicyclic) bond motifs is 1. The lowest BCUT2D eigenvalue weighted by molar-refractivity contribution is 0.0529. The summed E-state index contributed by atoms with van der Waals surface area (Å²) in [5.74, 6) is 1.51. The van der Waals surface area contributed by atoms with Gasteiger partial charge in [-0.05, 0) is 49.7 Å². The standard InChI is InChI=1S/C23H26N4O3/c1-15-14-27(8-9-30-15)22-7-4-17(12-24-22)13-25-23(28)20-11-18-10-19(29-3)5-6-21(18)26-16(20)2/h4-7,10-12,15H,8-9,13-14H2,1-3H3,(H,25,28)/t15-/m1/s1. The van der Waals surface area contributed by atoms with E-state index in [1.807, 2.05) is 49.5 Å². The summed E-state index contributed by atoms with van der Waals surface area (Å²) >= 11 is 0. The molecule has 1 saturated heterocycles.